The normalized spacial score (nSPS) is 16.5. The molecule has 1 heterocycles. The van der Waals surface area contributed by atoms with Gasteiger partial charge in [0.25, 0.3) is 0 Å². The second-order valence-corrected chi connectivity index (χ2v) is 9.02. The molecule has 26 heavy (non-hydrogen) atoms. The van der Waals surface area contributed by atoms with Crippen LogP contribution in [0.1, 0.15) is 5.56 Å². The molecule has 0 bridgehead atoms. The van der Waals surface area contributed by atoms with E-state index in [0.29, 0.717) is 23.7 Å². The topological polar surface area (TPSA) is 49.9 Å². The van der Waals surface area contributed by atoms with Gasteiger partial charge < -0.3 is 4.74 Å². The van der Waals surface area contributed by atoms with Gasteiger partial charge in [0.15, 0.2) is 0 Å². The van der Waals surface area contributed by atoms with Crippen LogP contribution in [0.5, 0.6) is 5.75 Å². The Hall–Kier alpha value is -1.54. The number of hydrogen-bond donors (Lipinski definition) is 0. The first-order valence-corrected chi connectivity index (χ1v) is 11.2. The average molecular weight is 393 g/mol. The Morgan fingerprint density at radius 3 is 2.12 bits per heavy atom. The van der Waals surface area contributed by atoms with Gasteiger partial charge in [-0.1, -0.05) is 12.1 Å². The predicted octanol–water partition coefficient (Wildman–Crippen LogP) is 2.92. The monoisotopic (exact) mass is 392 g/mol. The number of methoxy groups -OCH3 is 1. The van der Waals surface area contributed by atoms with Crippen LogP contribution in [0.15, 0.2) is 58.3 Å². The van der Waals surface area contributed by atoms with Gasteiger partial charge in [0.2, 0.25) is 10.0 Å². The van der Waals surface area contributed by atoms with Crippen LogP contribution in [-0.2, 0) is 16.6 Å². The maximum absolute atomic E-state index is 12.8. The third-order valence-electron chi connectivity index (χ3n) is 4.59. The van der Waals surface area contributed by atoms with Crippen molar-refractivity contribution in [3.05, 3.63) is 54.1 Å². The third-order valence-corrected chi connectivity index (χ3v) is 7.25. The maximum atomic E-state index is 12.8. The standard InChI is InChI=1S/C19H24N2O3S2/c1-24-17-5-9-19(10-6-17)26(22,23)21-13-11-20(12-14-21)15-16-3-7-18(25-2)8-4-16/h3-10H,11-15H2,1-2H3. The Kier molecular flexibility index (Phi) is 6.24. The summed E-state index contributed by atoms with van der Waals surface area (Å²) in [5.74, 6) is 0.654. The van der Waals surface area contributed by atoms with Gasteiger partial charge in [-0.05, 0) is 48.2 Å². The van der Waals surface area contributed by atoms with Crippen LogP contribution in [0.25, 0.3) is 0 Å². The Labute approximate surface area is 160 Å². The van der Waals surface area contributed by atoms with E-state index in [9.17, 15) is 8.42 Å². The highest BCUT2D eigenvalue weighted by Crippen LogP contribution is 2.21. The summed E-state index contributed by atoms with van der Waals surface area (Å²) >= 11 is 1.73. The fraction of sp³-hybridized carbons (Fsp3) is 0.368. The summed E-state index contributed by atoms with van der Waals surface area (Å²) in [5, 5.41) is 0. The lowest BCUT2D eigenvalue weighted by atomic mass is 10.2. The van der Waals surface area contributed by atoms with E-state index in [-0.39, 0.29) is 0 Å². The van der Waals surface area contributed by atoms with Crippen LogP contribution >= 0.6 is 11.8 Å². The minimum atomic E-state index is -3.44. The molecule has 0 unspecified atom stereocenters. The lowest BCUT2D eigenvalue weighted by molar-refractivity contribution is 0.181. The largest absolute Gasteiger partial charge is 0.497 e. The van der Waals surface area contributed by atoms with Crippen molar-refractivity contribution in [2.24, 2.45) is 0 Å². The van der Waals surface area contributed by atoms with E-state index in [1.165, 1.54) is 10.5 Å². The van der Waals surface area contributed by atoms with Gasteiger partial charge in [0, 0.05) is 37.6 Å². The van der Waals surface area contributed by atoms with E-state index in [1.807, 2.05) is 0 Å². The number of benzene rings is 2. The summed E-state index contributed by atoms with van der Waals surface area (Å²) < 4.78 is 32.2. The second-order valence-electron chi connectivity index (χ2n) is 6.20. The second kappa shape index (κ2) is 8.43. The van der Waals surface area contributed by atoms with Crippen molar-refractivity contribution in [2.75, 3.05) is 39.5 Å². The van der Waals surface area contributed by atoms with Crippen molar-refractivity contribution in [1.82, 2.24) is 9.21 Å². The van der Waals surface area contributed by atoms with Gasteiger partial charge in [-0.3, -0.25) is 4.90 Å². The molecule has 1 aliphatic heterocycles. The van der Waals surface area contributed by atoms with Gasteiger partial charge in [0.1, 0.15) is 5.75 Å². The molecule has 140 valence electrons. The molecule has 7 heteroatoms. The van der Waals surface area contributed by atoms with Crippen molar-refractivity contribution in [1.29, 1.82) is 0 Å². The quantitative estimate of drug-likeness (QED) is 0.708. The summed E-state index contributed by atoms with van der Waals surface area (Å²) in [4.78, 5) is 3.87. The lowest BCUT2D eigenvalue weighted by Crippen LogP contribution is -2.48. The predicted molar refractivity (Wildman–Crippen MR) is 105 cm³/mol. The summed E-state index contributed by atoms with van der Waals surface area (Å²) in [7, 11) is -1.88. The SMILES string of the molecule is COc1ccc(S(=O)(=O)N2CCN(Cc3ccc(SC)cc3)CC2)cc1. The van der Waals surface area contributed by atoms with Crippen LogP contribution in [0.4, 0.5) is 0 Å². The molecule has 0 saturated carbocycles. The molecule has 0 N–H and O–H groups in total. The van der Waals surface area contributed by atoms with Crippen LogP contribution < -0.4 is 4.74 Å². The van der Waals surface area contributed by atoms with Gasteiger partial charge in [0.05, 0.1) is 12.0 Å². The molecule has 0 spiro atoms. The number of rotatable bonds is 6. The Bertz CT molecular complexity index is 813. The first-order valence-electron chi connectivity index (χ1n) is 8.52. The Morgan fingerprint density at radius 2 is 1.58 bits per heavy atom. The van der Waals surface area contributed by atoms with Gasteiger partial charge in [-0.25, -0.2) is 8.42 Å². The van der Waals surface area contributed by atoms with Crippen molar-refractivity contribution in [3.8, 4) is 5.75 Å². The van der Waals surface area contributed by atoms with Gasteiger partial charge in [-0.2, -0.15) is 4.31 Å². The molecule has 0 aliphatic carbocycles. The van der Waals surface area contributed by atoms with Crippen molar-refractivity contribution in [3.63, 3.8) is 0 Å². The summed E-state index contributed by atoms with van der Waals surface area (Å²) in [5.41, 5.74) is 1.26. The fourth-order valence-corrected chi connectivity index (χ4v) is 4.84. The van der Waals surface area contributed by atoms with Gasteiger partial charge in [-0.15, -0.1) is 11.8 Å². The van der Waals surface area contributed by atoms with Crippen molar-refractivity contribution in [2.45, 2.75) is 16.3 Å². The molecule has 5 nitrogen and oxygen atoms in total. The molecule has 2 aromatic carbocycles. The zero-order chi connectivity index (χ0) is 18.6. The highest BCUT2D eigenvalue weighted by Gasteiger charge is 2.28. The third kappa shape index (κ3) is 4.40. The highest BCUT2D eigenvalue weighted by atomic mass is 32.2. The molecular formula is C19H24N2O3S2. The Morgan fingerprint density at radius 1 is 0.962 bits per heavy atom. The van der Waals surface area contributed by atoms with Crippen LogP contribution in [-0.4, -0.2) is 57.2 Å². The number of ether oxygens (including phenoxy) is 1. The number of piperazine rings is 1. The molecule has 3 rings (SSSR count). The van der Waals surface area contributed by atoms with Crippen LogP contribution in [0, 0.1) is 0 Å². The zero-order valence-electron chi connectivity index (χ0n) is 15.1. The number of hydrogen-bond acceptors (Lipinski definition) is 5. The first kappa shape index (κ1) is 19.2. The van der Waals surface area contributed by atoms with Crippen molar-refractivity contribution < 1.29 is 13.2 Å². The fourth-order valence-electron chi connectivity index (χ4n) is 3.01. The molecule has 0 amide bonds. The van der Waals surface area contributed by atoms with Crippen LogP contribution in [0.2, 0.25) is 0 Å². The van der Waals surface area contributed by atoms with E-state index in [1.54, 1.807) is 47.4 Å². The molecule has 0 atom stereocenters. The molecule has 0 radical (unpaired) electrons. The maximum Gasteiger partial charge on any atom is 0.243 e. The molecule has 2 aromatic rings. The molecular weight excluding hydrogens is 368 g/mol. The highest BCUT2D eigenvalue weighted by molar-refractivity contribution is 7.98. The van der Waals surface area contributed by atoms with E-state index < -0.39 is 10.0 Å². The minimum Gasteiger partial charge on any atom is -0.497 e. The average Bonchev–Trinajstić information content (AvgIpc) is 2.69. The van der Waals surface area contributed by atoms with Crippen molar-refractivity contribution >= 4 is 21.8 Å². The summed E-state index contributed by atoms with van der Waals surface area (Å²) in [6.07, 6.45) is 2.07. The molecule has 1 fully saturated rings. The lowest BCUT2D eigenvalue weighted by Gasteiger charge is -2.34. The number of sulfonamides is 1. The zero-order valence-corrected chi connectivity index (χ0v) is 16.7. The molecule has 1 aliphatic rings. The minimum absolute atomic E-state index is 0.319. The van der Waals surface area contributed by atoms with E-state index in [0.717, 1.165) is 19.6 Å². The number of thioether (sulfide) groups is 1. The van der Waals surface area contributed by atoms with E-state index in [2.05, 4.69) is 35.4 Å². The number of nitrogens with zero attached hydrogens (tertiary/aromatic N) is 2. The smallest absolute Gasteiger partial charge is 0.243 e. The summed E-state index contributed by atoms with van der Waals surface area (Å²) in [6.45, 7) is 3.35. The molecule has 0 aromatic heterocycles. The van der Waals surface area contributed by atoms with E-state index >= 15 is 0 Å². The summed E-state index contributed by atoms with van der Waals surface area (Å²) in [6, 6.07) is 15.1. The first-order chi connectivity index (χ1) is 12.5. The van der Waals surface area contributed by atoms with Crippen LogP contribution in [0.3, 0.4) is 0 Å². The Balaban J connectivity index is 1.59. The van der Waals surface area contributed by atoms with E-state index in [4.69, 9.17) is 4.74 Å². The van der Waals surface area contributed by atoms with Gasteiger partial charge >= 0.3 is 0 Å². The molecule has 1 saturated heterocycles.